The van der Waals surface area contributed by atoms with E-state index < -0.39 is 17.3 Å². The molecule has 0 spiro atoms. The van der Waals surface area contributed by atoms with Gasteiger partial charge in [0.25, 0.3) is 5.56 Å². The summed E-state index contributed by atoms with van der Waals surface area (Å²) in [6.07, 6.45) is 1.40. The van der Waals surface area contributed by atoms with E-state index in [0.717, 1.165) is 0 Å². The number of aromatic nitrogens is 1. The summed E-state index contributed by atoms with van der Waals surface area (Å²) in [5, 5.41) is 9.34. The van der Waals surface area contributed by atoms with E-state index in [2.05, 4.69) is 4.74 Å². The van der Waals surface area contributed by atoms with Crippen LogP contribution >= 0.6 is 0 Å². The number of carbonyl (C=O) groups excluding carboxylic acids is 1. The Morgan fingerprint density at radius 3 is 2.86 bits per heavy atom. The molecular formula is C9H11NO4. The summed E-state index contributed by atoms with van der Waals surface area (Å²) in [5.41, 5.74) is -0.717. The average molecular weight is 197 g/mol. The molecule has 0 radical (unpaired) electrons. The molecule has 0 saturated carbocycles. The summed E-state index contributed by atoms with van der Waals surface area (Å²) in [7, 11) is 1.48. The van der Waals surface area contributed by atoms with E-state index in [-0.39, 0.29) is 12.2 Å². The van der Waals surface area contributed by atoms with Crippen molar-refractivity contribution in [2.75, 3.05) is 6.61 Å². The maximum absolute atomic E-state index is 11.2. The highest BCUT2D eigenvalue weighted by molar-refractivity contribution is 5.92. The number of aryl methyl sites for hydroxylation is 1. The van der Waals surface area contributed by atoms with Crippen LogP contribution < -0.4 is 5.56 Å². The van der Waals surface area contributed by atoms with Crippen LogP contribution in [0, 0.1) is 0 Å². The van der Waals surface area contributed by atoms with Crippen molar-refractivity contribution in [2.24, 2.45) is 7.05 Å². The molecule has 0 bridgehead atoms. The van der Waals surface area contributed by atoms with E-state index >= 15 is 0 Å². The van der Waals surface area contributed by atoms with Crippen LogP contribution in [-0.2, 0) is 11.8 Å². The number of carbonyl (C=O) groups is 1. The largest absolute Gasteiger partial charge is 0.502 e. The first-order valence-electron chi connectivity index (χ1n) is 4.13. The van der Waals surface area contributed by atoms with Gasteiger partial charge in [-0.25, -0.2) is 4.79 Å². The van der Waals surface area contributed by atoms with Crippen LogP contribution in [0.25, 0.3) is 0 Å². The molecule has 76 valence electrons. The number of nitrogens with zero attached hydrogens (tertiary/aromatic N) is 1. The van der Waals surface area contributed by atoms with Gasteiger partial charge in [-0.15, -0.1) is 0 Å². The summed E-state index contributed by atoms with van der Waals surface area (Å²) in [6, 6.07) is 1.34. The van der Waals surface area contributed by atoms with Crippen LogP contribution in [0.2, 0.25) is 0 Å². The topological polar surface area (TPSA) is 68.5 Å². The molecule has 1 heterocycles. The van der Waals surface area contributed by atoms with Gasteiger partial charge in [-0.05, 0) is 13.0 Å². The molecule has 1 N–H and O–H groups in total. The van der Waals surface area contributed by atoms with E-state index in [1.807, 2.05) is 0 Å². The van der Waals surface area contributed by atoms with E-state index in [4.69, 9.17) is 0 Å². The third-order valence-corrected chi connectivity index (χ3v) is 1.74. The van der Waals surface area contributed by atoms with Gasteiger partial charge in [-0.1, -0.05) is 0 Å². The first-order chi connectivity index (χ1) is 6.57. The summed E-state index contributed by atoms with van der Waals surface area (Å²) in [4.78, 5) is 22.4. The van der Waals surface area contributed by atoms with E-state index in [9.17, 15) is 14.7 Å². The fourth-order valence-electron chi connectivity index (χ4n) is 0.989. The molecule has 14 heavy (non-hydrogen) atoms. The fraction of sp³-hybridized carbons (Fsp3) is 0.333. The Morgan fingerprint density at radius 2 is 2.29 bits per heavy atom. The molecule has 5 heteroatoms. The first-order valence-corrected chi connectivity index (χ1v) is 4.13. The summed E-state index contributed by atoms with van der Waals surface area (Å²) in [6.45, 7) is 1.85. The normalized spacial score (nSPS) is 9.86. The SMILES string of the molecule is CCOC(=O)c1ccn(C)c(=O)c1O. The van der Waals surface area contributed by atoms with Crippen LogP contribution in [0.4, 0.5) is 0 Å². The quantitative estimate of drug-likeness (QED) is 0.691. The van der Waals surface area contributed by atoms with Crippen molar-refractivity contribution in [3.05, 3.63) is 28.2 Å². The Labute approximate surface area is 80.6 Å². The van der Waals surface area contributed by atoms with Crippen molar-refractivity contribution >= 4 is 5.97 Å². The van der Waals surface area contributed by atoms with Crippen LogP contribution in [-0.4, -0.2) is 22.2 Å². The van der Waals surface area contributed by atoms with Crippen molar-refractivity contribution in [3.8, 4) is 5.75 Å². The lowest BCUT2D eigenvalue weighted by molar-refractivity contribution is 0.0522. The Balaban J connectivity index is 3.18. The van der Waals surface area contributed by atoms with Crippen LogP contribution in [0.1, 0.15) is 17.3 Å². The highest BCUT2D eigenvalue weighted by Crippen LogP contribution is 2.11. The second-order valence-electron chi connectivity index (χ2n) is 2.71. The summed E-state index contributed by atoms with van der Waals surface area (Å²) in [5.74, 6) is -1.27. The van der Waals surface area contributed by atoms with E-state index in [1.54, 1.807) is 6.92 Å². The number of hydrogen-bond donors (Lipinski definition) is 1. The van der Waals surface area contributed by atoms with Crippen molar-refractivity contribution < 1.29 is 14.6 Å². The predicted octanol–water partition coefficient (Wildman–Crippen LogP) is 0.268. The Morgan fingerprint density at radius 1 is 1.64 bits per heavy atom. The Bertz CT molecular complexity index is 408. The molecule has 1 aromatic heterocycles. The highest BCUT2D eigenvalue weighted by atomic mass is 16.5. The Kier molecular flexibility index (Phi) is 2.91. The summed E-state index contributed by atoms with van der Waals surface area (Å²) < 4.78 is 5.84. The van der Waals surface area contributed by atoms with Crippen LogP contribution in [0.3, 0.4) is 0 Å². The van der Waals surface area contributed by atoms with Crippen molar-refractivity contribution in [3.63, 3.8) is 0 Å². The molecule has 1 aromatic rings. The van der Waals surface area contributed by atoms with Gasteiger partial charge in [-0.3, -0.25) is 4.79 Å². The van der Waals surface area contributed by atoms with Gasteiger partial charge < -0.3 is 14.4 Å². The van der Waals surface area contributed by atoms with Crippen LogP contribution in [0.15, 0.2) is 17.1 Å². The number of hydrogen-bond acceptors (Lipinski definition) is 4. The monoisotopic (exact) mass is 197 g/mol. The van der Waals surface area contributed by atoms with Gasteiger partial charge in [0.05, 0.1) is 6.61 Å². The van der Waals surface area contributed by atoms with Gasteiger partial charge in [0.1, 0.15) is 5.56 Å². The molecule has 0 atom stereocenters. The van der Waals surface area contributed by atoms with Crippen molar-refractivity contribution in [1.82, 2.24) is 4.57 Å². The molecule has 0 aromatic carbocycles. The molecule has 5 nitrogen and oxygen atoms in total. The number of ether oxygens (including phenoxy) is 1. The molecular weight excluding hydrogens is 186 g/mol. The van der Waals surface area contributed by atoms with Gasteiger partial charge in [0.15, 0.2) is 5.75 Å². The van der Waals surface area contributed by atoms with Crippen molar-refractivity contribution in [2.45, 2.75) is 6.92 Å². The average Bonchev–Trinajstić information content (AvgIpc) is 2.15. The van der Waals surface area contributed by atoms with Gasteiger partial charge in [0, 0.05) is 13.2 Å². The minimum Gasteiger partial charge on any atom is -0.502 e. The molecule has 1 rings (SSSR count). The summed E-state index contributed by atoms with van der Waals surface area (Å²) >= 11 is 0. The molecule has 0 saturated heterocycles. The molecule has 0 aliphatic heterocycles. The lowest BCUT2D eigenvalue weighted by Gasteiger charge is -2.04. The smallest absolute Gasteiger partial charge is 0.342 e. The predicted molar refractivity (Wildman–Crippen MR) is 49.3 cm³/mol. The lowest BCUT2D eigenvalue weighted by atomic mass is 10.2. The molecule has 0 aliphatic rings. The molecule has 0 amide bonds. The highest BCUT2D eigenvalue weighted by Gasteiger charge is 2.15. The first kappa shape index (κ1) is 10.3. The zero-order chi connectivity index (χ0) is 10.7. The molecule has 0 fully saturated rings. The zero-order valence-electron chi connectivity index (χ0n) is 7.98. The number of esters is 1. The second-order valence-corrected chi connectivity index (χ2v) is 2.71. The molecule has 0 aliphatic carbocycles. The number of aromatic hydroxyl groups is 1. The van der Waals surface area contributed by atoms with E-state index in [1.165, 1.54) is 23.9 Å². The van der Waals surface area contributed by atoms with Crippen LogP contribution in [0.5, 0.6) is 5.75 Å². The Hall–Kier alpha value is -1.78. The standard InChI is InChI=1S/C9H11NO4/c1-3-14-9(13)6-4-5-10(2)8(12)7(6)11/h4-5,11H,3H2,1-2H3. The minimum atomic E-state index is -0.692. The third kappa shape index (κ3) is 1.76. The minimum absolute atomic E-state index is 0.102. The molecule has 0 unspecified atom stereocenters. The fourth-order valence-corrected chi connectivity index (χ4v) is 0.989. The van der Waals surface area contributed by atoms with E-state index in [0.29, 0.717) is 0 Å². The number of rotatable bonds is 2. The van der Waals surface area contributed by atoms with Gasteiger partial charge in [-0.2, -0.15) is 0 Å². The zero-order valence-corrected chi connectivity index (χ0v) is 7.98. The third-order valence-electron chi connectivity index (χ3n) is 1.74. The van der Waals surface area contributed by atoms with Gasteiger partial charge in [0.2, 0.25) is 0 Å². The van der Waals surface area contributed by atoms with Gasteiger partial charge >= 0.3 is 5.97 Å². The lowest BCUT2D eigenvalue weighted by Crippen LogP contribution is -2.19. The maximum Gasteiger partial charge on any atom is 0.342 e. The second kappa shape index (κ2) is 3.95. The number of pyridine rings is 1. The maximum atomic E-state index is 11.2. The van der Waals surface area contributed by atoms with Crippen molar-refractivity contribution in [1.29, 1.82) is 0 Å².